The van der Waals surface area contributed by atoms with Gasteiger partial charge in [-0.3, -0.25) is 0 Å². The summed E-state index contributed by atoms with van der Waals surface area (Å²) >= 11 is 3.50. The molecule has 10 heteroatoms. The second kappa shape index (κ2) is 8.32. The van der Waals surface area contributed by atoms with Gasteiger partial charge in [-0.1, -0.05) is 33.6 Å². The molecule has 2 heterocycles. The molecule has 0 saturated carbocycles. The van der Waals surface area contributed by atoms with Gasteiger partial charge < -0.3 is 4.98 Å². The minimum absolute atomic E-state index is 0.111. The summed E-state index contributed by atoms with van der Waals surface area (Å²) in [7, 11) is -7.14. The maximum Gasteiger partial charge on any atom is 0.243 e. The van der Waals surface area contributed by atoms with E-state index < -0.39 is 20.0 Å². The maximum atomic E-state index is 13.4. The molecule has 1 atom stereocenters. The van der Waals surface area contributed by atoms with E-state index in [1.807, 2.05) is 25.1 Å². The Morgan fingerprint density at radius 2 is 1.84 bits per heavy atom. The average Bonchev–Trinajstić information content (AvgIpc) is 2.93. The summed E-state index contributed by atoms with van der Waals surface area (Å²) < 4.78 is 55.2. The molecule has 1 aliphatic rings. The summed E-state index contributed by atoms with van der Waals surface area (Å²) in [4.78, 5) is 3.65. The Morgan fingerprint density at radius 3 is 2.52 bits per heavy atom. The molecular weight excluding hydrogens is 502 g/mol. The van der Waals surface area contributed by atoms with Crippen LogP contribution < -0.4 is 4.72 Å². The summed E-state index contributed by atoms with van der Waals surface area (Å²) in [6, 6.07) is 12.7. The zero-order chi connectivity index (χ0) is 22.4. The van der Waals surface area contributed by atoms with E-state index in [9.17, 15) is 16.8 Å². The molecule has 31 heavy (non-hydrogen) atoms. The van der Waals surface area contributed by atoms with E-state index in [0.717, 1.165) is 38.5 Å². The molecule has 0 amide bonds. The molecule has 4 rings (SSSR count). The van der Waals surface area contributed by atoms with Crippen molar-refractivity contribution in [2.75, 3.05) is 25.9 Å². The second-order valence-electron chi connectivity index (χ2n) is 7.95. The molecule has 0 fully saturated rings. The van der Waals surface area contributed by atoms with Crippen LogP contribution in [0.25, 0.3) is 10.9 Å². The molecule has 0 bridgehead atoms. The molecular formula is C21H24BrN3O4S2. The third kappa shape index (κ3) is 4.73. The van der Waals surface area contributed by atoms with Crippen LogP contribution in [0.3, 0.4) is 0 Å². The van der Waals surface area contributed by atoms with Crippen molar-refractivity contribution in [2.24, 2.45) is 0 Å². The molecule has 3 aromatic rings. The molecule has 0 spiro atoms. The fourth-order valence-electron chi connectivity index (χ4n) is 4.02. The minimum atomic E-state index is -3.71. The monoisotopic (exact) mass is 525 g/mol. The molecule has 1 aromatic heterocycles. The third-order valence-electron chi connectivity index (χ3n) is 5.60. The standard InChI is InChI=1S/C21H24BrN3O4S2/c1-14-3-6-17(7-4-14)31(28,29)25-10-9-18-19-11-16(22)5-8-20(19)24-21(18)15(13-25)12-23-30(2,26)27/h3-8,11,15,23-24H,9-10,12-13H2,1-2H3. The molecule has 7 nitrogen and oxygen atoms in total. The summed E-state index contributed by atoms with van der Waals surface area (Å²) in [5.74, 6) is -0.348. The maximum absolute atomic E-state index is 13.4. The number of aromatic nitrogens is 1. The third-order valence-corrected chi connectivity index (χ3v) is 8.66. The van der Waals surface area contributed by atoms with Crippen molar-refractivity contribution in [1.29, 1.82) is 0 Å². The van der Waals surface area contributed by atoms with Crippen LogP contribution in [0.15, 0.2) is 51.8 Å². The van der Waals surface area contributed by atoms with Crippen LogP contribution in [0.5, 0.6) is 0 Å². The molecule has 2 N–H and O–H groups in total. The minimum Gasteiger partial charge on any atom is -0.358 e. The number of hydrogen-bond donors (Lipinski definition) is 2. The van der Waals surface area contributed by atoms with E-state index >= 15 is 0 Å². The zero-order valence-electron chi connectivity index (χ0n) is 17.2. The van der Waals surface area contributed by atoms with E-state index in [2.05, 4.69) is 25.6 Å². The van der Waals surface area contributed by atoms with Gasteiger partial charge in [-0.05, 0) is 49.2 Å². The van der Waals surface area contributed by atoms with Crippen LogP contribution in [0.1, 0.15) is 22.7 Å². The van der Waals surface area contributed by atoms with Crippen LogP contribution in [0, 0.1) is 6.92 Å². The Labute approximate surface area is 191 Å². The highest BCUT2D eigenvalue weighted by atomic mass is 79.9. The zero-order valence-corrected chi connectivity index (χ0v) is 20.4. The van der Waals surface area contributed by atoms with Gasteiger partial charge in [0.05, 0.1) is 11.2 Å². The fraction of sp³-hybridized carbons (Fsp3) is 0.333. The van der Waals surface area contributed by atoms with Crippen molar-refractivity contribution in [3.63, 3.8) is 0 Å². The van der Waals surface area contributed by atoms with E-state index in [1.165, 1.54) is 4.31 Å². The lowest BCUT2D eigenvalue weighted by molar-refractivity contribution is 0.395. The number of aryl methyl sites for hydroxylation is 1. The lowest BCUT2D eigenvalue weighted by atomic mass is 10.00. The van der Waals surface area contributed by atoms with E-state index in [4.69, 9.17) is 0 Å². The fourth-order valence-corrected chi connectivity index (χ4v) is 6.37. The topological polar surface area (TPSA) is 99.3 Å². The van der Waals surface area contributed by atoms with Crippen molar-refractivity contribution in [2.45, 2.75) is 24.2 Å². The highest BCUT2D eigenvalue weighted by Crippen LogP contribution is 2.34. The number of benzene rings is 2. The lowest BCUT2D eigenvalue weighted by Gasteiger charge is -2.24. The number of rotatable bonds is 5. The SMILES string of the molecule is Cc1ccc(S(=O)(=O)N2CCc3c([nH]c4ccc(Br)cc34)C(CNS(C)(=O)=O)C2)cc1. The Bertz CT molecular complexity index is 1330. The first-order valence-corrected chi connectivity index (χ1v) is 14.0. The molecule has 1 aliphatic heterocycles. The second-order valence-corrected chi connectivity index (χ2v) is 12.6. The van der Waals surface area contributed by atoms with Gasteiger partial charge in [0.2, 0.25) is 20.0 Å². The van der Waals surface area contributed by atoms with E-state index in [1.54, 1.807) is 24.3 Å². The first kappa shape index (κ1) is 22.5. The number of H-pyrrole nitrogens is 1. The lowest BCUT2D eigenvalue weighted by Crippen LogP contribution is -2.38. The van der Waals surface area contributed by atoms with Crippen molar-refractivity contribution in [3.8, 4) is 0 Å². The first-order chi connectivity index (χ1) is 14.5. The van der Waals surface area contributed by atoms with Gasteiger partial charge in [0.25, 0.3) is 0 Å². The molecule has 166 valence electrons. The van der Waals surface area contributed by atoms with Crippen molar-refractivity contribution in [1.82, 2.24) is 14.0 Å². The summed E-state index contributed by atoms with van der Waals surface area (Å²) in [6.07, 6.45) is 1.64. The highest BCUT2D eigenvalue weighted by molar-refractivity contribution is 9.10. The van der Waals surface area contributed by atoms with Crippen molar-refractivity contribution in [3.05, 3.63) is 63.8 Å². The predicted molar refractivity (Wildman–Crippen MR) is 125 cm³/mol. The molecule has 2 aromatic carbocycles. The van der Waals surface area contributed by atoms with Gasteiger partial charge in [-0.15, -0.1) is 0 Å². The number of halogens is 1. The summed E-state index contributed by atoms with van der Waals surface area (Å²) in [5, 5.41) is 1.02. The Hall–Kier alpha value is -1.72. The average molecular weight is 526 g/mol. The molecule has 0 saturated heterocycles. The van der Waals surface area contributed by atoms with Crippen molar-refractivity contribution >= 4 is 46.9 Å². The summed E-state index contributed by atoms with van der Waals surface area (Å²) in [6.45, 7) is 2.52. The van der Waals surface area contributed by atoms with Crippen molar-refractivity contribution < 1.29 is 16.8 Å². The number of nitrogens with one attached hydrogen (secondary N) is 2. The summed E-state index contributed by atoms with van der Waals surface area (Å²) in [5.41, 5.74) is 3.84. The quantitative estimate of drug-likeness (QED) is 0.534. The Kier molecular flexibility index (Phi) is 6.04. The van der Waals surface area contributed by atoms with Crippen LogP contribution in [-0.4, -0.2) is 52.0 Å². The number of aromatic amines is 1. The molecule has 0 aliphatic carbocycles. The Balaban J connectivity index is 1.75. The van der Waals surface area contributed by atoms with Crippen LogP contribution in [-0.2, 0) is 26.5 Å². The molecule has 1 unspecified atom stereocenters. The highest BCUT2D eigenvalue weighted by Gasteiger charge is 2.33. The number of fused-ring (bicyclic) bond motifs is 3. The van der Waals surface area contributed by atoms with Gasteiger partial charge in [-0.2, -0.15) is 4.31 Å². The van der Waals surface area contributed by atoms with Gasteiger partial charge in [0.1, 0.15) is 0 Å². The predicted octanol–water partition coefficient (Wildman–Crippen LogP) is 3.12. The van der Waals surface area contributed by atoms with Gasteiger partial charge in [0, 0.05) is 46.6 Å². The van der Waals surface area contributed by atoms with Crippen LogP contribution >= 0.6 is 15.9 Å². The largest absolute Gasteiger partial charge is 0.358 e. The first-order valence-electron chi connectivity index (χ1n) is 9.86. The van der Waals surface area contributed by atoms with Gasteiger partial charge in [-0.25, -0.2) is 21.6 Å². The number of sulfonamides is 2. The van der Waals surface area contributed by atoms with Gasteiger partial charge in [0.15, 0.2) is 0 Å². The normalized spacial score (nSPS) is 18.1. The van der Waals surface area contributed by atoms with E-state index in [0.29, 0.717) is 13.0 Å². The number of nitrogens with zero attached hydrogens (tertiary/aromatic N) is 1. The van der Waals surface area contributed by atoms with E-state index in [-0.39, 0.29) is 23.9 Å². The van der Waals surface area contributed by atoms with Crippen LogP contribution in [0.4, 0.5) is 0 Å². The number of hydrogen-bond acceptors (Lipinski definition) is 4. The Morgan fingerprint density at radius 1 is 1.13 bits per heavy atom. The van der Waals surface area contributed by atoms with Gasteiger partial charge >= 0.3 is 0 Å². The van der Waals surface area contributed by atoms with Crippen LogP contribution in [0.2, 0.25) is 0 Å². The smallest absolute Gasteiger partial charge is 0.243 e. The molecule has 0 radical (unpaired) electrons.